The molecule has 5 heteroatoms. The summed E-state index contributed by atoms with van der Waals surface area (Å²) in [6.45, 7) is 4.48. The summed E-state index contributed by atoms with van der Waals surface area (Å²) in [5.41, 5.74) is 2.30. The molecule has 0 fully saturated rings. The van der Waals surface area contributed by atoms with Crippen molar-refractivity contribution in [1.29, 1.82) is 0 Å². The molecular weight excluding hydrogens is 266 g/mol. The van der Waals surface area contributed by atoms with Gasteiger partial charge in [0.05, 0.1) is 0 Å². The number of amides is 1. The van der Waals surface area contributed by atoms with Crippen molar-refractivity contribution in [3.8, 4) is 0 Å². The van der Waals surface area contributed by atoms with Crippen LogP contribution in [0.4, 0.5) is 11.5 Å². The Kier molecular flexibility index (Phi) is 3.64. The molecule has 0 radical (unpaired) electrons. The smallest absolute Gasteiger partial charge is 0.229 e. The van der Waals surface area contributed by atoms with Crippen LogP contribution in [0.3, 0.4) is 0 Å². The summed E-state index contributed by atoms with van der Waals surface area (Å²) >= 11 is 0. The fraction of sp³-hybridized carbons (Fsp3) is 0.375. The van der Waals surface area contributed by atoms with Crippen LogP contribution in [0.1, 0.15) is 24.7 Å². The van der Waals surface area contributed by atoms with E-state index >= 15 is 0 Å². The highest BCUT2D eigenvalue weighted by Gasteiger charge is 2.29. The lowest BCUT2D eigenvalue weighted by molar-refractivity contribution is -0.118. The Morgan fingerprint density at radius 2 is 2.29 bits per heavy atom. The van der Waals surface area contributed by atoms with Crippen molar-refractivity contribution in [2.45, 2.75) is 32.7 Å². The largest absolute Gasteiger partial charge is 0.367 e. The zero-order valence-corrected chi connectivity index (χ0v) is 12.3. The molecule has 1 unspecified atom stereocenters. The Morgan fingerprint density at radius 1 is 1.48 bits per heavy atom. The molecule has 0 spiro atoms. The van der Waals surface area contributed by atoms with Gasteiger partial charge in [-0.2, -0.15) is 0 Å². The molecule has 1 aliphatic rings. The van der Waals surface area contributed by atoms with Gasteiger partial charge in [0.1, 0.15) is 5.76 Å². The van der Waals surface area contributed by atoms with Crippen molar-refractivity contribution in [3.63, 3.8) is 0 Å². The third-order valence-corrected chi connectivity index (χ3v) is 3.75. The minimum atomic E-state index is 0.139. The van der Waals surface area contributed by atoms with E-state index in [0.717, 1.165) is 17.9 Å². The third-order valence-electron chi connectivity index (χ3n) is 3.75. The number of nitrogens with zero attached hydrogens (tertiary/aromatic N) is 2. The van der Waals surface area contributed by atoms with Crippen LogP contribution in [-0.2, 0) is 11.2 Å². The van der Waals surface area contributed by atoms with E-state index in [1.165, 1.54) is 5.56 Å². The first-order valence-corrected chi connectivity index (χ1v) is 7.22. The number of benzene rings is 1. The normalized spacial score (nSPS) is 16.9. The molecule has 1 aliphatic heterocycles. The van der Waals surface area contributed by atoms with Gasteiger partial charge in [-0.1, -0.05) is 23.4 Å². The maximum Gasteiger partial charge on any atom is 0.229 e. The van der Waals surface area contributed by atoms with E-state index < -0.39 is 0 Å². The van der Waals surface area contributed by atoms with Crippen LogP contribution >= 0.6 is 0 Å². The molecule has 2 aromatic rings. The van der Waals surface area contributed by atoms with E-state index in [9.17, 15) is 4.79 Å². The van der Waals surface area contributed by atoms with Crippen LogP contribution < -0.4 is 10.2 Å². The topological polar surface area (TPSA) is 58.4 Å². The van der Waals surface area contributed by atoms with Gasteiger partial charge in [0, 0.05) is 30.8 Å². The summed E-state index contributed by atoms with van der Waals surface area (Å²) in [6.07, 6.45) is 1.36. The standard InChI is InChI=1S/C16H19N3O2/c1-11-9-13-5-3-4-6-14(13)19(11)16(20)7-8-17-15-10-12(2)21-18-15/h3-6,10-11H,7-9H2,1-2H3,(H,17,18). The molecule has 1 aromatic heterocycles. The van der Waals surface area contributed by atoms with Crippen LogP contribution in [-0.4, -0.2) is 23.7 Å². The van der Waals surface area contributed by atoms with Gasteiger partial charge in [-0.05, 0) is 31.9 Å². The number of carbonyl (C=O) groups is 1. The molecule has 5 nitrogen and oxygen atoms in total. The first-order chi connectivity index (χ1) is 10.1. The summed E-state index contributed by atoms with van der Waals surface area (Å²) in [6, 6.07) is 10.2. The van der Waals surface area contributed by atoms with Gasteiger partial charge >= 0.3 is 0 Å². The average molecular weight is 285 g/mol. The molecule has 2 heterocycles. The fourth-order valence-corrected chi connectivity index (χ4v) is 2.81. The van der Waals surface area contributed by atoms with E-state index in [1.54, 1.807) is 0 Å². The predicted octanol–water partition coefficient (Wildman–Crippen LogP) is 2.76. The molecule has 110 valence electrons. The Hall–Kier alpha value is -2.30. The predicted molar refractivity (Wildman–Crippen MR) is 81.4 cm³/mol. The summed E-state index contributed by atoms with van der Waals surface area (Å²) in [4.78, 5) is 14.4. The lowest BCUT2D eigenvalue weighted by Gasteiger charge is -2.22. The zero-order valence-electron chi connectivity index (χ0n) is 12.3. The number of fused-ring (bicyclic) bond motifs is 1. The van der Waals surface area contributed by atoms with E-state index in [0.29, 0.717) is 18.8 Å². The van der Waals surface area contributed by atoms with Crippen molar-refractivity contribution in [3.05, 3.63) is 41.7 Å². The lowest BCUT2D eigenvalue weighted by Crippen LogP contribution is -2.36. The lowest BCUT2D eigenvalue weighted by atomic mass is 10.1. The number of hydrogen-bond acceptors (Lipinski definition) is 4. The molecule has 1 atom stereocenters. The van der Waals surface area contributed by atoms with E-state index in [1.807, 2.05) is 36.1 Å². The quantitative estimate of drug-likeness (QED) is 0.938. The molecular formula is C16H19N3O2. The van der Waals surface area contributed by atoms with Gasteiger partial charge in [0.2, 0.25) is 5.91 Å². The summed E-state index contributed by atoms with van der Waals surface area (Å²) in [5.74, 6) is 1.57. The number of hydrogen-bond donors (Lipinski definition) is 1. The van der Waals surface area contributed by atoms with Crippen LogP contribution in [0.2, 0.25) is 0 Å². The highest BCUT2D eigenvalue weighted by Crippen LogP contribution is 2.32. The van der Waals surface area contributed by atoms with E-state index in [2.05, 4.69) is 23.5 Å². The van der Waals surface area contributed by atoms with Crippen molar-refractivity contribution in [1.82, 2.24) is 5.16 Å². The number of anilines is 2. The van der Waals surface area contributed by atoms with E-state index in [-0.39, 0.29) is 11.9 Å². The number of aryl methyl sites for hydroxylation is 1. The molecule has 0 saturated carbocycles. The van der Waals surface area contributed by atoms with Gasteiger partial charge in [-0.3, -0.25) is 4.79 Å². The van der Waals surface area contributed by atoms with Crippen molar-refractivity contribution >= 4 is 17.4 Å². The molecule has 21 heavy (non-hydrogen) atoms. The summed E-state index contributed by atoms with van der Waals surface area (Å²) in [5, 5.41) is 6.96. The number of carbonyl (C=O) groups excluding carboxylic acids is 1. The second-order valence-electron chi connectivity index (χ2n) is 5.45. The maximum atomic E-state index is 12.5. The minimum Gasteiger partial charge on any atom is -0.367 e. The first-order valence-electron chi connectivity index (χ1n) is 7.22. The monoisotopic (exact) mass is 285 g/mol. The van der Waals surface area contributed by atoms with Gasteiger partial charge in [-0.25, -0.2) is 0 Å². The molecule has 0 saturated heterocycles. The van der Waals surface area contributed by atoms with Crippen LogP contribution in [0.25, 0.3) is 0 Å². The van der Waals surface area contributed by atoms with Gasteiger partial charge in [0.25, 0.3) is 0 Å². The minimum absolute atomic E-state index is 0.139. The molecule has 1 amide bonds. The number of para-hydroxylation sites is 1. The second kappa shape index (κ2) is 5.60. The summed E-state index contributed by atoms with van der Waals surface area (Å²) < 4.78 is 4.98. The Bertz CT molecular complexity index is 650. The maximum absolute atomic E-state index is 12.5. The highest BCUT2D eigenvalue weighted by atomic mass is 16.5. The van der Waals surface area contributed by atoms with Crippen LogP contribution in [0.15, 0.2) is 34.9 Å². The first kappa shape index (κ1) is 13.7. The molecule has 1 aromatic carbocycles. The van der Waals surface area contributed by atoms with Crippen LogP contribution in [0, 0.1) is 6.92 Å². The third kappa shape index (κ3) is 2.77. The Morgan fingerprint density at radius 3 is 3.05 bits per heavy atom. The highest BCUT2D eigenvalue weighted by molar-refractivity contribution is 5.96. The second-order valence-corrected chi connectivity index (χ2v) is 5.45. The average Bonchev–Trinajstić information content (AvgIpc) is 3.01. The number of rotatable bonds is 4. The van der Waals surface area contributed by atoms with Gasteiger partial charge in [-0.15, -0.1) is 0 Å². The number of aromatic nitrogens is 1. The van der Waals surface area contributed by atoms with Crippen molar-refractivity contribution in [2.75, 3.05) is 16.8 Å². The Balaban J connectivity index is 1.60. The van der Waals surface area contributed by atoms with E-state index in [4.69, 9.17) is 4.52 Å². The zero-order chi connectivity index (χ0) is 14.8. The van der Waals surface area contributed by atoms with Crippen molar-refractivity contribution < 1.29 is 9.32 Å². The summed E-state index contributed by atoms with van der Waals surface area (Å²) in [7, 11) is 0. The van der Waals surface area contributed by atoms with Crippen molar-refractivity contribution in [2.24, 2.45) is 0 Å². The molecule has 3 rings (SSSR count). The molecule has 0 bridgehead atoms. The van der Waals surface area contributed by atoms with Gasteiger partial charge in [0.15, 0.2) is 5.82 Å². The Labute approximate surface area is 123 Å². The van der Waals surface area contributed by atoms with Crippen LogP contribution in [0.5, 0.6) is 0 Å². The fourth-order valence-electron chi connectivity index (χ4n) is 2.81. The molecule has 1 N–H and O–H groups in total. The molecule has 0 aliphatic carbocycles. The SMILES string of the molecule is Cc1cc(NCCC(=O)N2c3ccccc3CC2C)no1. The number of nitrogens with one attached hydrogen (secondary N) is 1. The van der Waals surface area contributed by atoms with Gasteiger partial charge < -0.3 is 14.7 Å².